The summed E-state index contributed by atoms with van der Waals surface area (Å²) in [7, 11) is 0. The summed E-state index contributed by atoms with van der Waals surface area (Å²) in [5, 5.41) is 0. The summed E-state index contributed by atoms with van der Waals surface area (Å²) in [6, 6.07) is 1.78. The lowest BCUT2D eigenvalue weighted by atomic mass is 10.1. The smallest absolute Gasteiger partial charge is 0.164 e. The van der Waals surface area contributed by atoms with E-state index in [1.807, 2.05) is 6.92 Å². The molecule has 1 aliphatic carbocycles. The predicted octanol–water partition coefficient (Wildman–Crippen LogP) is 2.46. The topological polar surface area (TPSA) is 39.2 Å². The van der Waals surface area contributed by atoms with Gasteiger partial charge in [0.1, 0.15) is 5.75 Å². The molecule has 0 amide bonds. The number of nitrogens with zero attached hydrogens (tertiary/aromatic N) is 1. The van der Waals surface area contributed by atoms with Crippen molar-refractivity contribution in [1.29, 1.82) is 0 Å². The second kappa shape index (κ2) is 4.43. The first kappa shape index (κ1) is 10.1. The fourth-order valence-electron chi connectivity index (χ4n) is 1.52. The van der Waals surface area contributed by atoms with Gasteiger partial charge in [-0.25, -0.2) is 0 Å². The van der Waals surface area contributed by atoms with Gasteiger partial charge in [-0.05, 0) is 31.7 Å². The van der Waals surface area contributed by atoms with Gasteiger partial charge in [0.25, 0.3) is 0 Å². The third-order valence-corrected chi connectivity index (χ3v) is 2.52. The Bertz CT molecular complexity index is 358. The van der Waals surface area contributed by atoms with Crippen LogP contribution in [0.1, 0.15) is 36.5 Å². The Morgan fingerprint density at radius 2 is 2.33 bits per heavy atom. The molecule has 0 saturated heterocycles. The van der Waals surface area contributed by atoms with Crippen molar-refractivity contribution in [2.24, 2.45) is 5.92 Å². The van der Waals surface area contributed by atoms with Gasteiger partial charge in [-0.3, -0.25) is 9.78 Å². The van der Waals surface area contributed by atoms with Crippen LogP contribution in [0.15, 0.2) is 18.5 Å². The van der Waals surface area contributed by atoms with Crippen LogP contribution in [-0.4, -0.2) is 17.4 Å². The maximum atomic E-state index is 11.8. The normalized spacial score (nSPS) is 15.0. The van der Waals surface area contributed by atoms with E-state index in [0.29, 0.717) is 30.3 Å². The molecule has 0 aromatic carbocycles. The molecule has 0 unspecified atom stereocenters. The zero-order valence-electron chi connectivity index (χ0n) is 8.90. The van der Waals surface area contributed by atoms with E-state index in [-0.39, 0.29) is 5.78 Å². The molecule has 0 radical (unpaired) electrons. The second-order valence-electron chi connectivity index (χ2n) is 3.91. The number of carbonyl (C=O) groups excluding carboxylic acids is 1. The van der Waals surface area contributed by atoms with Gasteiger partial charge in [0, 0.05) is 18.2 Å². The lowest BCUT2D eigenvalue weighted by molar-refractivity contribution is 0.0975. The van der Waals surface area contributed by atoms with Gasteiger partial charge in [0.2, 0.25) is 0 Å². The fraction of sp³-hybridized carbons (Fsp3) is 0.500. The first-order valence-electron chi connectivity index (χ1n) is 5.40. The van der Waals surface area contributed by atoms with Crippen molar-refractivity contribution in [3.05, 3.63) is 24.0 Å². The first-order valence-corrected chi connectivity index (χ1v) is 5.40. The van der Waals surface area contributed by atoms with E-state index in [1.54, 1.807) is 18.5 Å². The third-order valence-electron chi connectivity index (χ3n) is 2.52. The Labute approximate surface area is 89.5 Å². The van der Waals surface area contributed by atoms with Gasteiger partial charge in [-0.1, -0.05) is 0 Å². The lowest BCUT2D eigenvalue weighted by Crippen LogP contribution is -2.02. The quantitative estimate of drug-likeness (QED) is 0.693. The van der Waals surface area contributed by atoms with E-state index in [1.165, 1.54) is 12.8 Å². The van der Waals surface area contributed by atoms with Crippen molar-refractivity contribution in [1.82, 2.24) is 4.98 Å². The number of Topliss-reactive ketones (excluding diaryl/α,β-unsaturated/α-hetero) is 1. The van der Waals surface area contributed by atoms with Crippen molar-refractivity contribution in [3.63, 3.8) is 0 Å². The number of ketones is 1. The maximum absolute atomic E-state index is 11.8. The van der Waals surface area contributed by atoms with E-state index in [2.05, 4.69) is 4.98 Å². The number of rotatable bonds is 5. The van der Waals surface area contributed by atoms with E-state index in [4.69, 9.17) is 4.74 Å². The van der Waals surface area contributed by atoms with Crippen molar-refractivity contribution in [2.45, 2.75) is 26.2 Å². The summed E-state index contributed by atoms with van der Waals surface area (Å²) >= 11 is 0. The summed E-state index contributed by atoms with van der Waals surface area (Å²) in [6.45, 7) is 2.51. The lowest BCUT2D eigenvalue weighted by Gasteiger charge is -2.04. The van der Waals surface area contributed by atoms with Crippen molar-refractivity contribution < 1.29 is 9.53 Å². The molecule has 80 valence electrons. The molecular formula is C12H15NO2. The molecule has 0 N–H and O–H groups in total. The van der Waals surface area contributed by atoms with Crippen molar-refractivity contribution >= 4 is 5.78 Å². The van der Waals surface area contributed by atoms with Gasteiger partial charge in [0.05, 0.1) is 12.8 Å². The molecule has 1 aromatic rings. The molecule has 1 fully saturated rings. The van der Waals surface area contributed by atoms with E-state index in [0.717, 1.165) is 0 Å². The van der Waals surface area contributed by atoms with Crippen LogP contribution in [0.2, 0.25) is 0 Å². The molecule has 1 aliphatic rings. The Balaban J connectivity index is 2.05. The molecule has 0 bridgehead atoms. The van der Waals surface area contributed by atoms with Crippen molar-refractivity contribution in [2.75, 3.05) is 6.61 Å². The molecule has 15 heavy (non-hydrogen) atoms. The van der Waals surface area contributed by atoms with Crippen LogP contribution in [-0.2, 0) is 0 Å². The Morgan fingerprint density at radius 1 is 1.53 bits per heavy atom. The van der Waals surface area contributed by atoms with Gasteiger partial charge in [-0.2, -0.15) is 0 Å². The van der Waals surface area contributed by atoms with Crippen LogP contribution in [0.5, 0.6) is 5.75 Å². The van der Waals surface area contributed by atoms with Crippen LogP contribution in [0, 0.1) is 5.92 Å². The minimum Gasteiger partial charge on any atom is -0.492 e. The number of aromatic nitrogens is 1. The maximum Gasteiger partial charge on any atom is 0.164 e. The van der Waals surface area contributed by atoms with Gasteiger partial charge in [-0.15, -0.1) is 0 Å². The summed E-state index contributed by atoms with van der Waals surface area (Å²) in [5.41, 5.74) is 0.674. The number of carbonyl (C=O) groups is 1. The third kappa shape index (κ3) is 2.78. The highest BCUT2D eigenvalue weighted by molar-refractivity contribution is 5.96. The molecule has 0 aliphatic heterocycles. The number of ether oxygens (including phenoxy) is 1. The minimum atomic E-state index is 0.187. The van der Waals surface area contributed by atoms with Crippen LogP contribution in [0.3, 0.4) is 0 Å². The number of hydrogen-bond acceptors (Lipinski definition) is 3. The Hall–Kier alpha value is -1.38. The zero-order valence-corrected chi connectivity index (χ0v) is 8.90. The largest absolute Gasteiger partial charge is 0.492 e. The SMILES string of the molecule is CCOc1cncc(C(=O)CC2CC2)c1. The monoisotopic (exact) mass is 205 g/mol. The van der Waals surface area contributed by atoms with Crippen LogP contribution >= 0.6 is 0 Å². The molecule has 3 heteroatoms. The van der Waals surface area contributed by atoms with E-state index >= 15 is 0 Å². The summed E-state index contributed by atoms with van der Waals surface area (Å²) in [4.78, 5) is 15.8. The van der Waals surface area contributed by atoms with Crippen LogP contribution in [0.25, 0.3) is 0 Å². The van der Waals surface area contributed by atoms with Crippen LogP contribution < -0.4 is 4.74 Å². The number of hydrogen-bond donors (Lipinski definition) is 0. The highest BCUT2D eigenvalue weighted by Gasteiger charge is 2.25. The molecule has 2 rings (SSSR count). The summed E-state index contributed by atoms with van der Waals surface area (Å²) in [6.07, 6.45) is 6.32. The minimum absolute atomic E-state index is 0.187. The van der Waals surface area contributed by atoms with Gasteiger partial charge >= 0.3 is 0 Å². The molecule has 0 atom stereocenters. The Kier molecular flexibility index (Phi) is 2.99. The van der Waals surface area contributed by atoms with Gasteiger partial charge in [0.15, 0.2) is 5.78 Å². The molecule has 0 spiro atoms. The summed E-state index contributed by atoms with van der Waals surface area (Å²) < 4.78 is 5.30. The molecule has 1 aromatic heterocycles. The summed E-state index contributed by atoms with van der Waals surface area (Å²) in [5.74, 6) is 1.49. The second-order valence-corrected chi connectivity index (χ2v) is 3.91. The molecule has 3 nitrogen and oxygen atoms in total. The fourth-order valence-corrected chi connectivity index (χ4v) is 1.52. The average Bonchev–Trinajstić information content (AvgIpc) is 3.03. The molecule has 1 saturated carbocycles. The van der Waals surface area contributed by atoms with E-state index < -0.39 is 0 Å². The Morgan fingerprint density at radius 3 is 3.00 bits per heavy atom. The predicted molar refractivity (Wildman–Crippen MR) is 57.1 cm³/mol. The van der Waals surface area contributed by atoms with Crippen molar-refractivity contribution in [3.8, 4) is 5.75 Å². The first-order chi connectivity index (χ1) is 7.29. The van der Waals surface area contributed by atoms with Gasteiger partial charge < -0.3 is 4.74 Å². The van der Waals surface area contributed by atoms with E-state index in [9.17, 15) is 4.79 Å². The zero-order chi connectivity index (χ0) is 10.7. The average molecular weight is 205 g/mol. The standard InChI is InChI=1S/C12H15NO2/c1-2-15-11-6-10(7-13-8-11)12(14)5-9-3-4-9/h6-9H,2-5H2,1H3. The highest BCUT2D eigenvalue weighted by Crippen LogP contribution is 2.33. The highest BCUT2D eigenvalue weighted by atomic mass is 16.5. The van der Waals surface area contributed by atoms with Crippen LogP contribution in [0.4, 0.5) is 0 Å². The molecule has 1 heterocycles. The molecular weight excluding hydrogens is 190 g/mol. The number of pyridine rings is 1.